The maximum atomic E-state index is 12.7. The van der Waals surface area contributed by atoms with E-state index in [1.165, 1.54) is 116 Å². The van der Waals surface area contributed by atoms with Crippen LogP contribution in [0.15, 0.2) is 48.6 Å². The van der Waals surface area contributed by atoms with Crippen molar-refractivity contribution in [3.63, 3.8) is 0 Å². The van der Waals surface area contributed by atoms with Crippen LogP contribution in [0.2, 0.25) is 0 Å². The summed E-state index contributed by atoms with van der Waals surface area (Å²) in [5.74, 6) is -0.326. The van der Waals surface area contributed by atoms with Gasteiger partial charge in [0.05, 0.1) is 25.9 Å². The summed E-state index contributed by atoms with van der Waals surface area (Å²) in [6.07, 6.45) is 42.8. The zero-order valence-electron chi connectivity index (χ0n) is 41.1. The second kappa shape index (κ2) is 44.3. The van der Waals surface area contributed by atoms with Gasteiger partial charge in [-0.3, -0.25) is 23.2 Å². The van der Waals surface area contributed by atoms with Gasteiger partial charge in [-0.25, -0.2) is 9.13 Å². The predicted molar refractivity (Wildman–Crippen MR) is 264 cm³/mol. The van der Waals surface area contributed by atoms with Crippen LogP contribution in [0.5, 0.6) is 0 Å². The van der Waals surface area contributed by atoms with Crippen molar-refractivity contribution in [3.8, 4) is 0 Å². The number of allylic oxidation sites excluding steroid dienone is 6. The van der Waals surface area contributed by atoms with Gasteiger partial charge in [0.2, 0.25) is 0 Å². The van der Waals surface area contributed by atoms with E-state index >= 15 is 0 Å². The molecule has 5 N–H and O–H groups in total. The van der Waals surface area contributed by atoms with E-state index in [1.54, 1.807) is 18.2 Å². The Morgan fingerprint density at radius 1 is 0.545 bits per heavy atom. The lowest BCUT2D eigenvalue weighted by atomic mass is 10.0. The molecule has 386 valence electrons. The molecule has 0 spiro atoms. The average Bonchev–Trinajstić information content (AvgIpc) is 3.26. The molecule has 0 bridgehead atoms. The van der Waals surface area contributed by atoms with Gasteiger partial charge in [-0.2, -0.15) is 0 Å². The molecule has 0 radical (unpaired) electrons. The Labute approximate surface area is 399 Å². The van der Waals surface area contributed by atoms with Gasteiger partial charge in [-0.05, 0) is 50.9 Å². The fourth-order valence-corrected chi connectivity index (χ4v) is 8.00. The van der Waals surface area contributed by atoms with E-state index in [0.29, 0.717) is 25.7 Å². The van der Waals surface area contributed by atoms with E-state index < -0.39 is 72.3 Å². The molecule has 4 atom stereocenters. The molecule has 0 saturated heterocycles. The van der Waals surface area contributed by atoms with E-state index in [-0.39, 0.29) is 12.8 Å². The summed E-state index contributed by atoms with van der Waals surface area (Å²) in [7, 11) is -9.73. The lowest BCUT2D eigenvalue weighted by Gasteiger charge is -2.20. The van der Waals surface area contributed by atoms with Gasteiger partial charge in [0.25, 0.3) is 0 Å². The summed E-state index contributed by atoms with van der Waals surface area (Å²) in [6, 6.07) is 0. The second-order valence-electron chi connectivity index (χ2n) is 17.8. The fourth-order valence-electron chi connectivity index (χ4n) is 6.84. The molecule has 66 heavy (non-hydrogen) atoms. The Bertz CT molecular complexity index is 1380. The van der Waals surface area contributed by atoms with Crippen LogP contribution in [0.4, 0.5) is 0 Å². The third-order valence-electron chi connectivity index (χ3n) is 10.7. The van der Waals surface area contributed by atoms with E-state index in [0.717, 1.165) is 38.0 Å². The van der Waals surface area contributed by atoms with Gasteiger partial charge in [0.1, 0.15) is 12.7 Å². The molecule has 0 aromatic rings. The van der Waals surface area contributed by atoms with Crippen molar-refractivity contribution in [1.82, 2.24) is 0 Å². The second-order valence-corrected chi connectivity index (χ2v) is 20.5. The van der Waals surface area contributed by atoms with Crippen molar-refractivity contribution >= 4 is 27.6 Å². The number of phosphoric acid groups is 2. The first-order valence-electron chi connectivity index (χ1n) is 25.3. The molecule has 0 aliphatic rings. The predicted octanol–water partition coefficient (Wildman–Crippen LogP) is 12.6. The van der Waals surface area contributed by atoms with E-state index in [2.05, 4.69) is 42.0 Å². The lowest BCUT2D eigenvalue weighted by Crippen LogP contribution is -2.29. The number of ether oxygens (including phenoxy) is 2. The molecule has 0 amide bonds. The number of carbonyl (C=O) groups excluding carboxylic acids is 2. The molecule has 0 rings (SSSR count). The number of esters is 2. The van der Waals surface area contributed by atoms with Crippen molar-refractivity contribution in [2.24, 2.45) is 5.92 Å². The summed E-state index contributed by atoms with van der Waals surface area (Å²) in [4.78, 5) is 52.9. The van der Waals surface area contributed by atoms with E-state index in [4.69, 9.17) is 23.8 Å². The number of unbranched alkanes of at least 4 members (excludes halogenated alkanes) is 21. The van der Waals surface area contributed by atoms with Crippen LogP contribution in [0, 0.1) is 5.92 Å². The Hall–Kier alpha value is -1.96. The number of carbonyl (C=O) groups is 2. The number of hydrogen-bond donors (Lipinski definition) is 5. The molecule has 0 fully saturated rings. The minimum absolute atomic E-state index is 0.00294. The molecule has 16 heteroatoms. The zero-order chi connectivity index (χ0) is 49.0. The van der Waals surface area contributed by atoms with Crippen LogP contribution in [0.25, 0.3) is 0 Å². The normalized spacial score (nSPS) is 14.8. The zero-order valence-corrected chi connectivity index (χ0v) is 42.9. The minimum atomic E-state index is -4.88. The highest BCUT2D eigenvalue weighted by molar-refractivity contribution is 7.47. The van der Waals surface area contributed by atoms with Crippen molar-refractivity contribution in [2.45, 2.75) is 225 Å². The minimum Gasteiger partial charge on any atom is -0.462 e. The molecule has 0 aromatic carbocycles. The number of hydrogen-bond acceptors (Lipinski definition) is 11. The highest BCUT2D eigenvalue weighted by atomic mass is 31.2. The first kappa shape index (κ1) is 64.0. The highest BCUT2D eigenvalue weighted by Gasteiger charge is 2.28. The first-order chi connectivity index (χ1) is 31.6. The molecular weight excluding hydrogens is 886 g/mol. The van der Waals surface area contributed by atoms with Gasteiger partial charge in [-0.1, -0.05) is 198 Å². The first-order valence-corrected chi connectivity index (χ1v) is 28.3. The molecule has 0 saturated carbocycles. The molecule has 0 aromatic heterocycles. The largest absolute Gasteiger partial charge is 0.472 e. The SMILES string of the molecule is CCCCC/C=C\C/C=C\CC(O)/C=C\C=C\CCCC(=O)O[C@H](COC(=O)CCCCCCCCCCCCCCCCCCCCC(C)C)COP(=O)(O)OC[C@@H](O)COP(=O)(O)O. The van der Waals surface area contributed by atoms with Gasteiger partial charge in [-0.15, -0.1) is 0 Å². The molecule has 2 unspecified atom stereocenters. The van der Waals surface area contributed by atoms with Gasteiger partial charge >= 0.3 is 27.6 Å². The number of aliphatic hydroxyl groups excluding tert-OH is 2. The summed E-state index contributed by atoms with van der Waals surface area (Å²) in [5.41, 5.74) is 0. The maximum absolute atomic E-state index is 12.7. The van der Waals surface area contributed by atoms with Crippen molar-refractivity contribution in [3.05, 3.63) is 48.6 Å². The molecular formula is C50H92O14P2. The number of phosphoric ester groups is 2. The van der Waals surface area contributed by atoms with Crippen LogP contribution < -0.4 is 0 Å². The number of aliphatic hydroxyl groups is 2. The Kier molecular flexibility index (Phi) is 42.9. The third-order valence-corrected chi connectivity index (χ3v) is 12.2. The quantitative estimate of drug-likeness (QED) is 0.0126. The topological polar surface area (TPSA) is 216 Å². The highest BCUT2D eigenvalue weighted by Crippen LogP contribution is 2.44. The van der Waals surface area contributed by atoms with Crippen LogP contribution in [-0.2, 0) is 41.8 Å². The van der Waals surface area contributed by atoms with Crippen molar-refractivity contribution in [2.75, 3.05) is 26.4 Å². The van der Waals surface area contributed by atoms with Crippen molar-refractivity contribution in [1.29, 1.82) is 0 Å². The molecule has 0 heterocycles. The molecule has 0 aliphatic heterocycles. The van der Waals surface area contributed by atoms with Crippen molar-refractivity contribution < 1.29 is 66.7 Å². The molecule has 0 aliphatic carbocycles. The fraction of sp³-hybridized carbons (Fsp3) is 0.800. The monoisotopic (exact) mass is 979 g/mol. The van der Waals surface area contributed by atoms with Gasteiger partial charge in [0, 0.05) is 12.8 Å². The standard InChI is InChI=1S/C50H92O14P2/c1-4-5-6-7-8-19-23-27-32-37-46(51)38-33-28-25-30-35-40-50(54)64-48(44-63-66(58,59)62-42-47(52)41-61-65(55,56)57)43-60-49(53)39-34-29-24-21-18-16-14-12-10-9-11-13-15-17-20-22-26-31-36-45(2)3/h8,19,25,27-28,32-33,38,45-48,51-52H,4-7,9-18,20-24,26,29-31,34-37,39-44H2,1-3H3,(H,58,59)(H2,55,56,57)/b19-8-,28-25+,32-27-,38-33-/t46?,47-,48+/m0/s1. The summed E-state index contributed by atoms with van der Waals surface area (Å²) < 4.78 is 47.8. The van der Waals surface area contributed by atoms with E-state index in [9.17, 15) is 33.8 Å². The number of rotatable bonds is 47. The van der Waals surface area contributed by atoms with Crippen LogP contribution in [0.1, 0.15) is 207 Å². The lowest BCUT2D eigenvalue weighted by molar-refractivity contribution is -0.161. The average molecular weight is 979 g/mol. The van der Waals surface area contributed by atoms with Crippen LogP contribution in [-0.4, -0.2) is 81.6 Å². The Morgan fingerprint density at radius 2 is 1.06 bits per heavy atom. The van der Waals surface area contributed by atoms with E-state index in [1.807, 2.05) is 18.2 Å². The Morgan fingerprint density at radius 3 is 1.64 bits per heavy atom. The Balaban J connectivity index is 4.53. The van der Waals surface area contributed by atoms with Crippen LogP contribution in [0.3, 0.4) is 0 Å². The summed E-state index contributed by atoms with van der Waals surface area (Å²) >= 11 is 0. The van der Waals surface area contributed by atoms with Gasteiger partial charge < -0.3 is 34.4 Å². The smallest absolute Gasteiger partial charge is 0.462 e. The third kappa shape index (κ3) is 48.5. The van der Waals surface area contributed by atoms with Gasteiger partial charge in [0.15, 0.2) is 6.10 Å². The molecule has 14 nitrogen and oxygen atoms in total. The maximum Gasteiger partial charge on any atom is 0.472 e. The van der Waals surface area contributed by atoms with Crippen LogP contribution >= 0.6 is 15.6 Å². The summed E-state index contributed by atoms with van der Waals surface area (Å²) in [6.45, 7) is 3.95. The summed E-state index contributed by atoms with van der Waals surface area (Å²) in [5, 5.41) is 19.9.